The van der Waals surface area contributed by atoms with E-state index in [-0.39, 0.29) is 0 Å². The first-order chi connectivity index (χ1) is 10.6. The average molecular weight is 307 g/mol. The van der Waals surface area contributed by atoms with Gasteiger partial charge in [0.05, 0.1) is 5.71 Å². The summed E-state index contributed by atoms with van der Waals surface area (Å²) in [6.45, 7) is 12.7. The van der Waals surface area contributed by atoms with Crippen molar-refractivity contribution in [2.24, 2.45) is 10.9 Å². The summed E-state index contributed by atoms with van der Waals surface area (Å²) < 4.78 is 0. The van der Waals surface area contributed by atoms with E-state index in [2.05, 4.69) is 49.9 Å². The maximum absolute atomic E-state index is 4.59. The van der Waals surface area contributed by atoms with E-state index >= 15 is 0 Å². The normalized spacial score (nSPS) is 24.6. The van der Waals surface area contributed by atoms with Crippen molar-refractivity contribution in [2.75, 3.05) is 7.05 Å². The topological polar surface area (TPSA) is 15.6 Å². The van der Waals surface area contributed by atoms with E-state index in [4.69, 9.17) is 0 Å². The summed E-state index contributed by atoms with van der Waals surface area (Å²) >= 11 is 0. The van der Waals surface area contributed by atoms with E-state index in [0.717, 1.165) is 11.6 Å². The molecular weight excluding hydrogens is 268 g/mol. The van der Waals surface area contributed by atoms with Gasteiger partial charge >= 0.3 is 0 Å². The molecule has 0 spiro atoms. The van der Waals surface area contributed by atoms with Crippen LogP contribution in [0, 0.1) is 5.92 Å². The second-order valence-electron chi connectivity index (χ2n) is 5.96. The van der Waals surface area contributed by atoms with Gasteiger partial charge in [-0.15, -0.1) is 0 Å². The van der Waals surface area contributed by atoms with Gasteiger partial charge in [0.25, 0.3) is 0 Å². The van der Waals surface area contributed by atoms with Crippen LogP contribution in [0.4, 0.5) is 0 Å². The molecular formula is C20H38N2. The Labute approximate surface area is 139 Å². The zero-order valence-electron chi connectivity index (χ0n) is 16.0. The fourth-order valence-electron chi connectivity index (χ4n) is 3.11. The molecule has 1 fully saturated rings. The first-order valence-corrected chi connectivity index (χ1v) is 9.17. The Balaban J connectivity index is 0.00000211. The summed E-state index contributed by atoms with van der Waals surface area (Å²) in [6.07, 6.45) is 14.9. The van der Waals surface area contributed by atoms with Crippen molar-refractivity contribution < 1.29 is 0 Å². The van der Waals surface area contributed by atoms with Gasteiger partial charge in [-0.3, -0.25) is 9.89 Å². The van der Waals surface area contributed by atoms with Gasteiger partial charge in [-0.1, -0.05) is 39.3 Å². The van der Waals surface area contributed by atoms with Gasteiger partial charge in [-0.2, -0.15) is 0 Å². The summed E-state index contributed by atoms with van der Waals surface area (Å²) in [7, 11) is 2.26. The minimum Gasteiger partial charge on any atom is -0.295 e. The third-order valence-electron chi connectivity index (χ3n) is 4.72. The van der Waals surface area contributed by atoms with Crippen LogP contribution in [0.2, 0.25) is 0 Å². The molecule has 2 heteroatoms. The fraction of sp³-hybridized carbons (Fsp3) is 0.750. The third-order valence-corrected chi connectivity index (χ3v) is 4.72. The van der Waals surface area contributed by atoms with Crippen molar-refractivity contribution in [3.63, 3.8) is 0 Å². The fourth-order valence-corrected chi connectivity index (χ4v) is 3.11. The molecule has 0 aliphatic heterocycles. The molecule has 0 radical (unpaired) electrons. The van der Waals surface area contributed by atoms with E-state index in [1.165, 1.54) is 32.1 Å². The van der Waals surface area contributed by atoms with Crippen LogP contribution in [0.15, 0.2) is 29.4 Å². The van der Waals surface area contributed by atoms with Gasteiger partial charge in [-0.05, 0) is 65.5 Å². The van der Waals surface area contributed by atoms with Crippen LogP contribution < -0.4 is 0 Å². The first-order valence-electron chi connectivity index (χ1n) is 9.17. The van der Waals surface area contributed by atoms with Crippen molar-refractivity contribution >= 4 is 5.71 Å². The van der Waals surface area contributed by atoms with Gasteiger partial charge in [0, 0.05) is 18.3 Å². The van der Waals surface area contributed by atoms with E-state index < -0.39 is 0 Å². The predicted octanol–water partition coefficient (Wildman–Crippen LogP) is 5.85. The maximum Gasteiger partial charge on any atom is 0.0569 e. The molecule has 1 unspecified atom stereocenters. The van der Waals surface area contributed by atoms with Crippen LogP contribution in [-0.4, -0.2) is 29.7 Å². The molecule has 1 atom stereocenters. The number of nitrogens with zero attached hydrogens (tertiary/aromatic N) is 2. The lowest BCUT2D eigenvalue weighted by molar-refractivity contribution is 0.152. The van der Waals surface area contributed by atoms with Crippen molar-refractivity contribution in [1.29, 1.82) is 0 Å². The van der Waals surface area contributed by atoms with Crippen LogP contribution in [0.5, 0.6) is 0 Å². The molecule has 128 valence electrons. The number of aliphatic imine (C=N–C) groups is 1. The lowest BCUT2D eigenvalue weighted by atomic mass is 9.83. The molecule has 22 heavy (non-hydrogen) atoms. The molecule has 1 saturated carbocycles. The van der Waals surface area contributed by atoms with Crippen LogP contribution in [0.1, 0.15) is 73.6 Å². The Bertz CT molecular complexity index is 347. The molecule has 0 aromatic heterocycles. The number of hydrogen-bond acceptors (Lipinski definition) is 2. The molecule has 0 bridgehead atoms. The SMILES string of the molecule is CC.C\C=C/N=C(\C=C/C)C(C)N(C)C1CCC(CC)CC1. The highest BCUT2D eigenvalue weighted by molar-refractivity contribution is 5.99. The highest BCUT2D eigenvalue weighted by atomic mass is 15.2. The molecule has 0 saturated heterocycles. The Kier molecular flexibility index (Phi) is 12.1. The van der Waals surface area contributed by atoms with Crippen molar-refractivity contribution in [3.8, 4) is 0 Å². The summed E-state index contributed by atoms with van der Waals surface area (Å²) in [5.41, 5.74) is 1.16. The Hall–Kier alpha value is -0.890. The van der Waals surface area contributed by atoms with E-state index in [0.29, 0.717) is 12.1 Å². The van der Waals surface area contributed by atoms with Crippen LogP contribution >= 0.6 is 0 Å². The van der Waals surface area contributed by atoms with E-state index in [1.54, 1.807) is 0 Å². The molecule has 0 aromatic rings. The highest BCUT2D eigenvalue weighted by Gasteiger charge is 2.26. The summed E-state index contributed by atoms with van der Waals surface area (Å²) in [5, 5.41) is 0. The average Bonchev–Trinajstić information content (AvgIpc) is 2.59. The van der Waals surface area contributed by atoms with Crippen LogP contribution in [0.25, 0.3) is 0 Å². The zero-order valence-corrected chi connectivity index (χ0v) is 16.0. The van der Waals surface area contributed by atoms with Crippen molar-refractivity contribution in [3.05, 3.63) is 24.4 Å². The Morgan fingerprint density at radius 2 is 1.73 bits per heavy atom. The molecule has 0 amide bonds. The summed E-state index contributed by atoms with van der Waals surface area (Å²) in [5.74, 6) is 0.960. The van der Waals surface area contributed by atoms with Crippen molar-refractivity contribution in [1.82, 2.24) is 4.90 Å². The molecule has 1 aliphatic rings. The van der Waals surface area contributed by atoms with E-state index in [9.17, 15) is 0 Å². The zero-order chi connectivity index (χ0) is 17.0. The van der Waals surface area contributed by atoms with Gasteiger partial charge < -0.3 is 0 Å². The lowest BCUT2D eigenvalue weighted by Crippen LogP contribution is -2.44. The molecule has 1 aliphatic carbocycles. The van der Waals surface area contributed by atoms with Gasteiger partial charge in [0.15, 0.2) is 0 Å². The maximum atomic E-state index is 4.59. The number of rotatable bonds is 6. The standard InChI is InChI=1S/C18H32N2.C2H6/c1-6-9-18(19-14-7-2)15(4)20(5)17-12-10-16(8-3)11-13-17;1-2/h6-7,9,14-17H,8,10-13H2,1-5H3;1-2H3/b9-6-,14-7-,19-18+;. The number of allylic oxidation sites excluding steroid dienone is 2. The monoisotopic (exact) mass is 306 g/mol. The highest BCUT2D eigenvalue weighted by Crippen LogP contribution is 2.29. The smallest absolute Gasteiger partial charge is 0.0569 e. The van der Waals surface area contributed by atoms with E-state index in [1.807, 2.05) is 33.0 Å². The summed E-state index contributed by atoms with van der Waals surface area (Å²) in [4.78, 5) is 7.11. The number of hydrogen-bond donors (Lipinski definition) is 0. The first kappa shape index (κ1) is 21.1. The second-order valence-corrected chi connectivity index (χ2v) is 5.96. The molecule has 2 nitrogen and oxygen atoms in total. The second kappa shape index (κ2) is 12.6. The Morgan fingerprint density at radius 1 is 1.14 bits per heavy atom. The van der Waals surface area contributed by atoms with Gasteiger partial charge in [0.2, 0.25) is 0 Å². The largest absolute Gasteiger partial charge is 0.295 e. The molecule has 0 heterocycles. The quantitative estimate of drug-likeness (QED) is 0.562. The summed E-state index contributed by atoms with van der Waals surface area (Å²) in [6, 6.07) is 1.10. The molecule has 1 rings (SSSR count). The minimum atomic E-state index is 0.380. The lowest BCUT2D eigenvalue weighted by Gasteiger charge is -2.37. The van der Waals surface area contributed by atoms with Gasteiger partial charge in [-0.25, -0.2) is 0 Å². The minimum absolute atomic E-state index is 0.380. The van der Waals surface area contributed by atoms with Gasteiger partial charge in [0.1, 0.15) is 0 Å². The Morgan fingerprint density at radius 3 is 2.18 bits per heavy atom. The molecule has 0 aromatic carbocycles. The van der Waals surface area contributed by atoms with Crippen LogP contribution in [0.3, 0.4) is 0 Å². The van der Waals surface area contributed by atoms with Crippen LogP contribution in [-0.2, 0) is 0 Å². The third kappa shape index (κ3) is 6.91. The molecule has 0 N–H and O–H groups in total. The van der Waals surface area contributed by atoms with Crippen molar-refractivity contribution in [2.45, 2.75) is 85.7 Å². The predicted molar refractivity (Wildman–Crippen MR) is 102 cm³/mol.